The average molecular weight is 490 g/mol. The monoisotopic (exact) mass is 489 g/mol. The summed E-state index contributed by atoms with van der Waals surface area (Å²) in [5, 5.41) is 12.6. The van der Waals surface area contributed by atoms with E-state index >= 15 is 0 Å². The molecule has 3 aromatic rings. The maximum atomic E-state index is 13.0. The molecule has 0 spiro atoms. The largest absolute Gasteiger partial charge is 0.493 e. The van der Waals surface area contributed by atoms with Crippen molar-refractivity contribution in [2.75, 3.05) is 37.5 Å². The zero-order valence-electron chi connectivity index (χ0n) is 20.2. The molecule has 1 aromatic carbocycles. The van der Waals surface area contributed by atoms with E-state index in [0.29, 0.717) is 37.0 Å². The minimum absolute atomic E-state index is 0.136. The van der Waals surface area contributed by atoms with Crippen LogP contribution in [0.2, 0.25) is 0 Å². The van der Waals surface area contributed by atoms with Gasteiger partial charge in [-0.1, -0.05) is 6.07 Å². The Hall–Kier alpha value is -4.21. The van der Waals surface area contributed by atoms with Crippen molar-refractivity contribution in [1.29, 1.82) is 0 Å². The zero-order valence-corrected chi connectivity index (χ0v) is 20.2. The third-order valence-electron chi connectivity index (χ3n) is 6.63. The van der Waals surface area contributed by atoms with E-state index in [1.807, 2.05) is 23.1 Å². The van der Waals surface area contributed by atoms with Crippen molar-refractivity contribution in [3.63, 3.8) is 0 Å². The molecular weight excluding hydrogens is 462 g/mol. The van der Waals surface area contributed by atoms with Gasteiger partial charge in [0.1, 0.15) is 17.2 Å². The number of fused-ring (bicyclic) bond motifs is 1. The summed E-state index contributed by atoms with van der Waals surface area (Å²) in [5.74, 6) is 0.985. The number of ketones is 1. The van der Waals surface area contributed by atoms with Gasteiger partial charge in [-0.2, -0.15) is 4.98 Å². The number of aromatic nitrogens is 3. The summed E-state index contributed by atoms with van der Waals surface area (Å²) in [5.41, 5.74) is 2.99. The van der Waals surface area contributed by atoms with Crippen molar-refractivity contribution in [2.24, 2.45) is 5.92 Å². The molecule has 186 valence electrons. The highest BCUT2D eigenvalue weighted by Gasteiger charge is 2.32. The number of ether oxygens (including phenoxy) is 2. The van der Waals surface area contributed by atoms with Crippen molar-refractivity contribution in [3.8, 4) is 11.5 Å². The van der Waals surface area contributed by atoms with Crippen molar-refractivity contribution in [3.05, 3.63) is 59.0 Å². The Morgan fingerprint density at radius 1 is 1.03 bits per heavy atom. The number of anilines is 3. The number of carboxylic acid groups (broad SMARTS) is 1. The summed E-state index contributed by atoms with van der Waals surface area (Å²) in [6.45, 7) is 1.08. The second-order valence-electron chi connectivity index (χ2n) is 8.85. The lowest BCUT2D eigenvalue weighted by Crippen LogP contribution is -2.26. The summed E-state index contributed by atoms with van der Waals surface area (Å²) in [6, 6.07) is 10.1. The number of carbonyl (C=O) groups is 2. The highest BCUT2D eigenvalue weighted by atomic mass is 16.5. The van der Waals surface area contributed by atoms with Gasteiger partial charge >= 0.3 is 5.97 Å². The Kier molecular flexibility index (Phi) is 6.41. The Labute approximate surface area is 208 Å². The smallest absolute Gasteiger partial charge is 0.354 e. The number of hydrogen-bond donors (Lipinski definition) is 2. The van der Waals surface area contributed by atoms with Crippen LogP contribution in [0.4, 0.5) is 17.5 Å². The molecule has 0 bridgehead atoms. The van der Waals surface area contributed by atoms with Crippen LogP contribution in [0.25, 0.3) is 0 Å². The van der Waals surface area contributed by atoms with Gasteiger partial charge in [-0.05, 0) is 49.9 Å². The number of carbonyl (C=O) groups excluding carboxylic acids is 1. The fourth-order valence-electron chi connectivity index (χ4n) is 4.77. The molecular formula is C26H27N5O5. The lowest BCUT2D eigenvalue weighted by Gasteiger charge is -2.19. The van der Waals surface area contributed by atoms with E-state index in [-0.39, 0.29) is 23.1 Å². The summed E-state index contributed by atoms with van der Waals surface area (Å²) in [7, 11) is 3.20. The number of aryl methyl sites for hydroxylation is 1. The number of nitrogens with one attached hydrogen (secondary N) is 1. The SMILES string of the molecule is COc1ccc(Nc2nc(N3CCC(C(=O)c4cccc(C(=O)O)n4)C3)nc3c2CCC3)cc1OC. The first kappa shape index (κ1) is 23.5. The van der Waals surface area contributed by atoms with Gasteiger partial charge in [-0.25, -0.2) is 14.8 Å². The number of hydrogen-bond acceptors (Lipinski definition) is 9. The Balaban J connectivity index is 1.37. The summed E-state index contributed by atoms with van der Waals surface area (Å²) in [4.78, 5) is 40.0. The van der Waals surface area contributed by atoms with Gasteiger partial charge in [0.05, 0.1) is 19.9 Å². The molecule has 2 N–H and O–H groups in total. The molecule has 0 amide bonds. The number of benzene rings is 1. The molecule has 10 nitrogen and oxygen atoms in total. The summed E-state index contributed by atoms with van der Waals surface area (Å²) in [6.07, 6.45) is 3.42. The number of methoxy groups -OCH3 is 2. The van der Waals surface area contributed by atoms with Crippen LogP contribution in [-0.4, -0.2) is 59.1 Å². The number of Topliss-reactive ketones (excluding diaryl/α,β-unsaturated/α-hetero) is 1. The first-order chi connectivity index (χ1) is 17.5. The molecule has 2 aromatic heterocycles. The normalized spacial score (nSPS) is 16.5. The van der Waals surface area contributed by atoms with Crippen LogP contribution >= 0.6 is 0 Å². The first-order valence-corrected chi connectivity index (χ1v) is 11.8. The maximum Gasteiger partial charge on any atom is 0.354 e. The number of rotatable bonds is 8. The summed E-state index contributed by atoms with van der Waals surface area (Å²) >= 11 is 0. The molecule has 1 unspecified atom stereocenters. The molecule has 1 atom stereocenters. The molecule has 1 aliphatic carbocycles. The van der Waals surface area contributed by atoms with Crippen LogP contribution < -0.4 is 19.7 Å². The van der Waals surface area contributed by atoms with E-state index in [4.69, 9.17) is 19.4 Å². The zero-order chi connectivity index (χ0) is 25.2. The van der Waals surface area contributed by atoms with Gasteiger partial charge in [0, 0.05) is 36.3 Å². The molecule has 3 heterocycles. The van der Waals surface area contributed by atoms with E-state index in [1.54, 1.807) is 26.4 Å². The van der Waals surface area contributed by atoms with E-state index < -0.39 is 5.97 Å². The lowest BCUT2D eigenvalue weighted by atomic mass is 10.0. The summed E-state index contributed by atoms with van der Waals surface area (Å²) < 4.78 is 10.8. The third kappa shape index (κ3) is 4.53. The van der Waals surface area contributed by atoms with E-state index in [9.17, 15) is 14.7 Å². The van der Waals surface area contributed by atoms with Crippen molar-refractivity contribution >= 4 is 29.2 Å². The second-order valence-corrected chi connectivity index (χ2v) is 8.85. The number of aromatic carboxylic acids is 1. The van der Waals surface area contributed by atoms with Gasteiger partial charge in [0.2, 0.25) is 5.95 Å². The molecule has 1 fully saturated rings. The van der Waals surface area contributed by atoms with Gasteiger partial charge in [-0.3, -0.25) is 4.79 Å². The highest BCUT2D eigenvalue weighted by molar-refractivity contribution is 5.98. The molecule has 1 saturated heterocycles. The molecule has 0 saturated carbocycles. The predicted molar refractivity (Wildman–Crippen MR) is 133 cm³/mol. The standard InChI is InChI=1S/C26H27N5O5/c1-35-21-10-9-16(13-22(21)36-2)27-24-17-5-3-6-18(17)29-26(30-24)31-12-11-15(14-31)23(32)19-7-4-8-20(28-19)25(33)34/h4,7-10,13,15H,3,5-6,11-12,14H2,1-2H3,(H,33,34)(H,27,29,30). The van der Waals surface area contributed by atoms with E-state index in [1.165, 1.54) is 6.07 Å². The third-order valence-corrected chi connectivity index (χ3v) is 6.63. The molecule has 10 heteroatoms. The second kappa shape index (κ2) is 9.80. The Morgan fingerprint density at radius 2 is 1.83 bits per heavy atom. The fraction of sp³-hybridized carbons (Fsp3) is 0.346. The van der Waals surface area contributed by atoms with Crippen molar-refractivity contribution in [2.45, 2.75) is 25.7 Å². The maximum absolute atomic E-state index is 13.0. The van der Waals surface area contributed by atoms with Crippen LogP contribution in [0.3, 0.4) is 0 Å². The Morgan fingerprint density at radius 3 is 2.61 bits per heavy atom. The fourth-order valence-corrected chi connectivity index (χ4v) is 4.77. The van der Waals surface area contributed by atoms with E-state index in [2.05, 4.69) is 10.3 Å². The van der Waals surface area contributed by atoms with Crippen LogP contribution in [0, 0.1) is 5.92 Å². The minimum atomic E-state index is -1.15. The first-order valence-electron chi connectivity index (χ1n) is 11.8. The van der Waals surface area contributed by atoms with Crippen LogP contribution in [0.5, 0.6) is 11.5 Å². The molecule has 1 aliphatic heterocycles. The predicted octanol–water partition coefficient (Wildman–Crippen LogP) is 3.53. The molecule has 2 aliphatic rings. The van der Waals surface area contributed by atoms with E-state index in [0.717, 1.165) is 42.0 Å². The van der Waals surface area contributed by atoms with Crippen LogP contribution in [0.15, 0.2) is 36.4 Å². The quantitative estimate of drug-likeness (QED) is 0.454. The Bertz CT molecular complexity index is 1330. The van der Waals surface area contributed by atoms with Gasteiger partial charge in [-0.15, -0.1) is 0 Å². The molecule has 0 radical (unpaired) electrons. The number of nitrogens with zero attached hydrogens (tertiary/aromatic N) is 4. The van der Waals surface area contributed by atoms with Crippen molar-refractivity contribution in [1.82, 2.24) is 15.0 Å². The molecule has 36 heavy (non-hydrogen) atoms. The number of carboxylic acids is 1. The van der Waals surface area contributed by atoms with Crippen LogP contribution in [0.1, 0.15) is 45.1 Å². The van der Waals surface area contributed by atoms with Gasteiger partial charge < -0.3 is 24.8 Å². The minimum Gasteiger partial charge on any atom is -0.493 e. The number of pyridine rings is 1. The highest BCUT2D eigenvalue weighted by Crippen LogP contribution is 2.35. The van der Waals surface area contributed by atoms with Gasteiger partial charge in [0.15, 0.2) is 17.3 Å². The van der Waals surface area contributed by atoms with Gasteiger partial charge in [0.25, 0.3) is 0 Å². The van der Waals surface area contributed by atoms with Crippen molar-refractivity contribution < 1.29 is 24.2 Å². The average Bonchev–Trinajstić information content (AvgIpc) is 3.58. The molecule has 5 rings (SSSR count). The topological polar surface area (TPSA) is 127 Å². The lowest BCUT2D eigenvalue weighted by molar-refractivity contribution is 0.0690. The van der Waals surface area contributed by atoms with Crippen LogP contribution in [-0.2, 0) is 12.8 Å².